The average Bonchev–Trinajstić information content (AvgIpc) is 2.89. The van der Waals surface area contributed by atoms with Crippen molar-refractivity contribution in [3.8, 4) is 0 Å². The first kappa shape index (κ1) is 14.3. The van der Waals surface area contributed by atoms with Crippen LogP contribution in [0.5, 0.6) is 0 Å². The molecule has 14 heavy (non-hydrogen) atoms. The maximum atomic E-state index is 10.9. The van der Waals surface area contributed by atoms with Gasteiger partial charge in [0, 0.05) is 0 Å². The summed E-state index contributed by atoms with van der Waals surface area (Å²) in [4.78, 5) is 13.0. The summed E-state index contributed by atoms with van der Waals surface area (Å²) in [5.74, 6) is 0.217. The van der Waals surface area contributed by atoms with E-state index in [0.29, 0.717) is 0 Å². The molecule has 3 nitrogen and oxygen atoms in total. The first-order chi connectivity index (χ1) is 6.57. The van der Waals surface area contributed by atoms with Gasteiger partial charge >= 0.3 is 0 Å². The molecule has 1 N–H and O–H groups in total. The summed E-state index contributed by atoms with van der Waals surface area (Å²) in [6.07, 6.45) is 0.888. The Kier molecular flexibility index (Phi) is 8.76. The summed E-state index contributed by atoms with van der Waals surface area (Å²) < 4.78 is 0. The van der Waals surface area contributed by atoms with Gasteiger partial charge in [-0.2, -0.15) is 0 Å². The summed E-state index contributed by atoms with van der Waals surface area (Å²) in [5.41, 5.74) is 0. The third kappa shape index (κ3) is 10.4. The molecular formula is C9H20N2OS2. The van der Waals surface area contributed by atoms with Crippen LogP contribution >= 0.6 is 21.6 Å². The Morgan fingerprint density at radius 3 is 2.21 bits per heavy atom. The van der Waals surface area contributed by atoms with Crippen LogP contribution in [0.15, 0.2) is 0 Å². The largest absolute Gasteiger partial charge is 0.311 e. The fourth-order valence-electron chi connectivity index (χ4n) is 0.938. The van der Waals surface area contributed by atoms with Crippen LogP contribution in [-0.2, 0) is 4.79 Å². The zero-order chi connectivity index (χ0) is 11.0. The zero-order valence-electron chi connectivity index (χ0n) is 9.37. The number of hydrogen-bond donors (Lipinski definition) is 1. The maximum absolute atomic E-state index is 10.9. The van der Waals surface area contributed by atoms with Gasteiger partial charge in [-0.1, -0.05) is 21.6 Å². The number of nitrogens with zero attached hydrogens (tertiary/aromatic N) is 1. The molecule has 1 rings (SSSR count). The SMILES string of the molecule is C1SS1.CN[C@@H](CCN(C)C)C(C)=O. The molecule has 0 aliphatic carbocycles. The summed E-state index contributed by atoms with van der Waals surface area (Å²) in [6.45, 7) is 2.57. The van der Waals surface area contributed by atoms with E-state index in [9.17, 15) is 4.79 Å². The number of Topliss-reactive ketones (excluding diaryl/α,β-unsaturated/α-hetero) is 1. The molecule has 0 aromatic carbocycles. The Hall–Kier alpha value is 0.290. The van der Waals surface area contributed by atoms with Gasteiger partial charge < -0.3 is 10.2 Å². The van der Waals surface area contributed by atoms with E-state index < -0.39 is 0 Å². The molecule has 0 bridgehead atoms. The van der Waals surface area contributed by atoms with Gasteiger partial charge in [-0.15, -0.1) is 0 Å². The minimum Gasteiger partial charge on any atom is -0.311 e. The van der Waals surface area contributed by atoms with E-state index in [1.54, 1.807) is 6.92 Å². The van der Waals surface area contributed by atoms with E-state index in [1.165, 1.54) is 5.08 Å². The Labute approximate surface area is 94.8 Å². The first-order valence-corrected chi connectivity index (χ1v) is 7.13. The number of ketones is 1. The summed E-state index contributed by atoms with van der Waals surface area (Å²) >= 11 is 0. The summed E-state index contributed by atoms with van der Waals surface area (Å²) in [7, 11) is 9.67. The van der Waals surface area contributed by atoms with Crippen LogP contribution in [0.4, 0.5) is 0 Å². The third-order valence-corrected chi connectivity index (χ3v) is 2.76. The molecule has 0 unspecified atom stereocenters. The fourth-order valence-corrected chi connectivity index (χ4v) is 0.938. The quantitative estimate of drug-likeness (QED) is 0.577. The number of nitrogens with one attached hydrogen (secondary N) is 1. The van der Waals surface area contributed by atoms with Crippen molar-refractivity contribution in [1.82, 2.24) is 10.2 Å². The van der Waals surface area contributed by atoms with E-state index in [4.69, 9.17) is 0 Å². The van der Waals surface area contributed by atoms with Crippen molar-refractivity contribution < 1.29 is 4.79 Å². The van der Waals surface area contributed by atoms with Crippen molar-refractivity contribution in [2.45, 2.75) is 19.4 Å². The second-order valence-corrected chi connectivity index (χ2v) is 6.23. The van der Waals surface area contributed by atoms with Crippen molar-refractivity contribution >= 4 is 27.4 Å². The van der Waals surface area contributed by atoms with Gasteiger partial charge in [0.25, 0.3) is 0 Å². The molecule has 0 saturated carbocycles. The lowest BCUT2D eigenvalue weighted by Gasteiger charge is -2.15. The minimum atomic E-state index is 0.0254. The van der Waals surface area contributed by atoms with Crippen molar-refractivity contribution in [3.05, 3.63) is 0 Å². The highest BCUT2D eigenvalue weighted by molar-refractivity contribution is 8.92. The lowest BCUT2D eigenvalue weighted by atomic mass is 10.1. The van der Waals surface area contributed by atoms with Crippen LogP contribution < -0.4 is 5.32 Å². The van der Waals surface area contributed by atoms with Crippen LogP contribution in [0.3, 0.4) is 0 Å². The van der Waals surface area contributed by atoms with Gasteiger partial charge in [0.2, 0.25) is 0 Å². The van der Waals surface area contributed by atoms with Crippen molar-refractivity contribution in [3.63, 3.8) is 0 Å². The van der Waals surface area contributed by atoms with Crippen molar-refractivity contribution in [2.24, 2.45) is 0 Å². The second kappa shape index (κ2) is 8.59. The Morgan fingerprint density at radius 1 is 1.50 bits per heavy atom. The van der Waals surface area contributed by atoms with Gasteiger partial charge in [-0.3, -0.25) is 4.79 Å². The normalized spacial score (nSPS) is 15.8. The molecule has 1 saturated heterocycles. The molecule has 0 aromatic heterocycles. The molecule has 1 aliphatic rings. The van der Waals surface area contributed by atoms with E-state index in [-0.39, 0.29) is 11.8 Å². The number of carbonyl (C=O) groups excluding carboxylic acids is 1. The standard InChI is InChI=1S/C8H18N2O.CH2S2/c1-7(11)8(9-2)5-6-10(3)4;1-2-3-1/h8-9H,5-6H2,1-4H3;1H2/t8-;/m0./s1. The molecule has 1 heterocycles. The van der Waals surface area contributed by atoms with E-state index in [1.807, 2.05) is 42.7 Å². The molecular weight excluding hydrogens is 216 g/mol. The van der Waals surface area contributed by atoms with Gasteiger partial charge in [-0.05, 0) is 41.0 Å². The van der Waals surface area contributed by atoms with Gasteiger partial charge in [0.05, 0.1) is 11.1 Å². The lowest BCUT2D eigenvalue weighted by Crippen LogP contribution is -2.35. The predicted octanol–water partition coefficient (Wildman–Crippen LogP) is 1.45. The van der Waals surface area contributed by atoms with Gasteiger partial charge in [-0.25, -0.2) is 0 Å². The minimum absolute atomic E-state index is 0.0254. The van der Waals surface area contributed by atoms with E-state index in [0.717, 1.165) is 13.0 Å². The van der Waals surface area contributed by atoms with Gasteiger partial charge in [0.1, 0.15) is 5.78 Å². The van der Waals surface area contributed by atoms with Crippen LogP contribution in [0.1, 0.15) is 13.3 Å². The van der Waals surface area contributed by atoms with E-state index in [2.05, 4.69) is 10.2 Å². The van der Waals surface area contributed by atoms with E-state index >= 15 is 0 Å². The molecule has 1 fully saturated rings. The molecule has 0 spiro atoms. The highest BCUT2D eigenvalue weighted by atomic mass is 33.2. The van der Waals surface area contributed by atoms with Crippen LogP contribution in [0.2, 0.25) is 0 Å². The number of likely N-dealkylation sites (N-methyl/N-ethyl adjacent to an activating group) is 1. The highest BCUT2D eigenvalue weighted by Crippen LogP contribution is 2.41. The van der Waals surface area contributed by atoms with Crippen LogP contribution in [-0.4, -0.2) is 49.5 Å². The Balaban J connectivity index is 0.000000469. The fraction of sp³-hybridized carbons (Fsp3) is 0.889. The number of carbonyl (C=O) groups is 1. The molecule has 5 heteroatoms. The van der Waals surface area contributed by atoms with Crippen molar-refractivity contribution in [2.75, 3.05) is 32.8 Å². The number of rotatable bonds is 5. The van der Waals surface area contributed by atoms with Crippen molar-refractivity contribution in [1.29, 1.82) is 0 Å². The summed E-state index contributed by atoms with van der Waals surface area (Å²) in [5, 5.41) is 4.31. The Morgan fingerprint density at radius 2 is 2.00 bits per heavy atom. The first-order valence-electron chi connectivity index (χ1n) is 4.64. The van der Waals surface area contributed by atoms with Crippen LogP contribution in [0, 0.1) is 0 Å². The molecule has 0 aromatic rings. The monoisotopic (exact) mass is 236 g/mol. The van der Waals surface area contributed by atoms with Crippen LogP contribution in [0.25, 0.3) is 0 Å². The maximum Gasteiger partial charge on any atom is 0.146 e. The number of hydrogen-bond acceptors (Lipinski definition) is 5. The molecule has 84 valence electrons. The predicted molar refractivity (Wildman–Crippen MR) is 66.7 cm³/mol. The smallest absolute Gasteiger partial charge is 0.146 e. The molecule has 1 atom stereocenters. The molecule has 1 aliphatic heterocycles. The third-order valence-electron chi connectivity index (χ3n) is 1.82. The highest BCUT2D eigenvalue weighted by Gasteiger charge is 2.10. The Bertz CT molecular complexity index is 160. The molecule has 0 amide bonds. The summed E-state index contributed by atoms with van der Waals surface area (Å²) in [6, 6.07) is 0.0254. The zero-order valence-corrected chi connectivity index (χ0v) is 11.0. The van der Waals surface area contributed by atoms with Gasteiger partial charge in [0.15, 0.2) is 0 Å². The topological polar surface area (TPSA) is 32.3 Å². The average molecular weight is 236 g/mol. The second-order valence-electron chi connectivity index (χ2n) is 3.40. The molecule has 0 radical (unpaired) electrons. The lowest BCUT2D eigenvalue weighted by molar-refractivity contribution is -0.119.